The van der Waals surface area contributed by atoms with Crippen LogP contribution in [0.1, 0.15) is 5.56 Å². The number of ether oxygens (including phenoxy) is 2. The zero-order valence-corrected chi connectivity index (χ0v) is 18.5. The minimum Gasteiger partial charge on any atom is -0.497 e. The molecular formula is C20H22F3N5O4S. The van der Waals surface area contributed by atoms with E-state index in [4.69, 9.17) is 15.2 Å². The third-order valence-corrected chi connectivity index (χ3v) is 5.97. The maximum absolute atomic E-state index is 13.1. The van der Waals surface area contributed by atoms with Crippen LogP contribution in [0.4, 0.5) is 24.5 Å². The van der Waals surface area contributed by atoms with Crippen LogP contribution in [-0.2, 0) is 16.6 Å². The highest BCUT2D eigenvalue weighted by molar-refractivity contribution is 7.89. The number of nitrogens with one attached hydrogen (secondary N) is 2. The molecule has 4 N–H and O–H groups in total. The summed E-state index contributed by atoms with van der Waals surface area (Å²) < 4.78 is 77.6. The number of nitrogen functional groups attached to an aromatic ring is 1. The van der Waals surface area contributed by atoms with Crippen LogP contribution in [0.15, 0.2) is 53.7 Å². The van der Waals surface area contributed by atoms with Crippen molar-refractivity contribution in [3.05, 3.63) is 54.4 Å². The number of halogens is 3. The summed E-state index contributed by atoms with van der Waals surface area (Å²) >= 11 is 0. The predicted molar refractivity (Wildman–Crippen MR) is 116 cm³/mol. The van der Waals surface area contributed by atoms with Gasteiger partial charge in [0.15, 0.2) is 0 Å². The Morgan fingerprint density at radius 3 is 2.55 bits per heavy atom. The summed E-state index contributed by atoms with van der Waals surface area (Å²) in [5, 5.41) is 6.17. The van der Waals surface area contributed by atoms with Gasteiger partial charge in [0.25, 0.3) is 0 Å². The Morgan fingerprint density at radius 2 is 1.88 bits per heavy atom. The van der Waals surface area contributed by atoms with E-state index in [1.54, 1.807) is 18.2 Å². The van der Waals surface area contributed by atoms with Crippen LogP contribution in [0.25, 0.3) is 5.69 Å². The average molecular weight is 485 g/mol. The molecule has 0 radical (unpaired) electrons. The van der Waals surface area contributed by atoms with Crippen LogP contribution in [0.3, 0.4) is 0 Å². The van der Waals surface area contributed by atoms with Crippen molar-refractivity contribution in [2.24, 2.45) is 0 Å². The van der Waals surface area contributed by atoms with Crippen LogP contribution >= 0.6 is 0 Å². The van der Waals surface area contributed by atoms with Gasteiger partial charge in [0.2, 0.25) is 10.0 Å². The van der Waals surface area contributed by atoms with Gasteiger partial charge in [0.05, 0.1) is 38.0 Å². The highest BCUT2D eigenvalue weighted by Gasteiger charge is 2.27. The third-order valence-electron chi connectivity index (χ3n) is 4.54. The van der Waals surface area contributed by atoms with Crippen molar-refractivity contribution in [1.82, 2.24) is 14.5 Å². The Morgan fingerprint density at radius 1 is 1.12 bits per heavy atom. The number of methoxy groups -OCH3 is 2. The van der Waals surface area contributed by atoms with E-state index in [0.29, 0.717) is 17.1 Å². The molecule has 0 spiro atoms. The molecule has 3 aromatic rings. The molecule has 178 valence electrons. The van der Waals surface area contributed by atoms with E-state index in [1.807, 2.05) is 0 Å². The first-order valence-corrected chi connectivity index (χ1v) is 11.0. The molecule has 0 saturated carbocycles. The Hall–Kier alpha value is -3.45. The van der Waals surface area contributed by atoms with Crippen LogP contribution < -0.4 is 25.2 Å². The van der Waals surface area contributed by atoms with Crippen LogP contribution in [-0.4, -0.2) is 45.1 Å². The van der Waals surface area contributed by atoms with Gasteiger partial charge in [-0.2, -0.15) is 18.3 Å². The van der Waals surface area contributed by atoms with Gasteiger partial charge in [0.1, 0.15) is 22.9 Å². The molecule has 9 nitrogen and oxygen atoms in total. The zero-order chi connectivity index (χ0) is 24.2. The number of benzene rings is 2. The van der Waals surface area contributed by atoms with Gasteiger partial charge in [0, 0.05) is 23.9 Å². The monoisotopic (exact) mass is 485 g/mol. The van der Waals surface area contributed by atoms with E-state index in [0.717, 1.165) is 10.9 Å². The Bertz CT molecular complexity index is 1230. The molecule has 1 aromatic heterocycles. The summed E-state index contributed by atoms with van der Waals surface area (Å²) in [7, 11) is -1.16. The number of hydrogen-bond donors (Lipinski definition) is 3. The fourth-order valence-corrected chi connectivity index (χ4v) is 4.16. The summed E-state index contributed by atoms with van der Waals surface area (Å²) in [4.78, 5) is -0.194. The molecule has 0 atom stereocenters. The second-order valence-corrected chi connectivity index (χ2v) is 8.61. The molecule has 2 aromatic carbocycles. The van der Waals surface area contributed by atoms with Crippen molar-refractivity contribution in [3.8, 4) is 17.2 Å². The van der Waals surface area contributed by atoms with Crippen molar-refractivity contribution in [2.75, 3.05) is 31.8 Å². The second kappa shape index (κ2) is 9.58. The molecule has 3 rings (SSSR count). The first-order valence-electron chi connectivity index (χ1n) is 9.48. The van der Waals surface area contributed by atoms with Gasteiger partial charge in [-0.25, -0.2) is 17.8 Å². The van der Waals surface area contributed by atoms with E-state index in [9.17, 15) is 21.6 Å². The maximum atomic E-state index is 13.1. The van der Waals surface area contributed by atoms with Crippen molar-refractivity contribution >= 4 is 21.4 Å². The summed E-state index contributed by atoms with van der Waals surface area (Å²) in [5.74, 6) is 0.975. The van der Waals surface area contributed by atoms with E-state index in [-0.39, 0.29) is 28.5 Å². The first-order chi connectivity index (χ1) is 15.5. The van der Waals surface area contributed by atoms with Gasteiger partial charge in [-0.3, -0.25) is 0 Å². The smallest absolute Gasteiger partial charge is 0.405 e. The molecule has 0 aliphatic heterocycles. The highest BCUT2D eigenvalue weighted by atomic mass is 32.2. The quantitative estimate of drug-likeness (QED) is 0.399. The minimum absolute atomic E-state index is 0.0726. The number of anilines is 2. The van der Waals surface area contributed by atoms with E-state index < -0.39 is 22.7 Å². The lowest BCUT2D eigenvalue weighted by Gasteiger charge is -2.14. The maximum Gasteiger partial charge on any atom is 0.405 e. The minimum atomic E-state index is -4.41. The normalized spacial score (nSPS) is 11.9. The van der Waals surface area contributed by atoms with Crippen molar-refractivity contribution in [3.63, 3.8) is 0 Å². The molecule has 0 bridgehead atoms. The largest absolute Gasteiger partial charge is 0.497 e. The number of rotatable bonds is 9. The standard InChI is InChI=1S/C20H22F3N5O4S/c1-31-16-5-3-13(18(8-16)32-2)9-27-33(29,30)19-7-14(24)4-6-17(19)28-11-15(10-26-28)25-12-20(21,22)23/h3-8,10-11,25,27H,9,12,24H2,1-2H3. The first kappa shape index (κ1) is 24.2. The van der Waals surface area contributed by atoms with Gasteiger partial charge >= 0.3 is 6.18 Å². The van der Waals surface area contributed by atoms with Gasteiger partial charge in [-0.15, -0.1) is 0 Å². The molecule has 0 fully saturated rings. The van der Waals surface area contributed by atoms with Crippen molar-refractivity contribution < 1.29 is 31.1 Å². The molecule has 0 unspecified atom stereocenters. The van der Waals surface area contributed by atoms with E-state index in [1.165, 1.54) is 38.6 Å². The molecule has 0 aliphatic rings. The predicted octanol–water partition coefficient (Wildman–Crippen LogP) is 2.92. The lowest BCUT2D eigenvalue weighted by atomic mass is 10.2. The van der Waals surface area contributed by atoms with Gasteiger partial charge < -0.3 is 20.5 Å². The zero-order valence-electron chi connectivity index (χ0n) is 17.7. The number of nitrogens with two attached hydrogens (primary N) is 1. The lowest BCUT2D eigenvalue weighted by Crippen LogP contribution is -2.25. The molecule has 0 amide bonds. The third kappa shape index (κ3) is 6.08. The summed E-state index contributed by atoms with van der Waals surface area (Å²) in [6.45, 7) is -1.35. The van der Waals surface area contributed by atoms with E-state index in [2.05, 4.69) is 15.1 Å². The van der Waals surface area contributed by atoms with Crippen LogP contribution in [0.2, 0.25) is 0 Å². The van der Waals surface area contributed by atoms with Crippen molar-refractivity contribution in [1.29, 1.82) is 0 Å². The van der Waals surface area contributed by atoms with Crippen molar-refractivity contribution in [2.45, 2.75) is 17.6 Å². The molecule has 13 heteroatoms. The average Bonchev–Trinajstić information content (AvgIpc) is 3.24. The fraction of sp³-hybridized carbons (Fsp3) is 0.250. The number of nitrogens with zero attached hydrogens (tertiary/aromatic N) is 2. The topological polar surface area (TPSA) is 120 Å². The Labute approximate surface area is 188 Å². The molecule has 0 saturated heterocycles. The fourth-order valence-electron chi connectivity index (χ4n) is 2.93. The van der Waals surface area contributed by atoms with Crippen LogP contribution in [0, 0.1) is 0 Å². The molecule has 1 heterocycles. The molecular weight excluding hydrogens is 463 g/mol. The van der Waals surface area contributed by atoms with E-state index >= 15 is 0 Å². The number of aromatic nitrogens is 2. The van der Waals surface area contributed by atoms with Gasteiger partial charge in [-0.05, 0) is 24.3 Å². The second-order valence-electron chi connectivity index (χ2n) is 6.87. The molecule has 0 aliphatic carbocycles. The lowest BCUT2D eigenvalue weighted by molar-refractivity contribution is -0.115. The van der Waals surface area contributed by atoms with Crippen LogP contribution in [0.5, 0.6) is 11.5 Å². The summed E-state index contributed by atoms with van der Waals surface area (Å²) in [6, 6.07) is 9.07. The molecule has 33 heavy (non-hydrogen) atoms. The number of sulfonamides is 1. The summed E-state index contributed by atoms with van der Waals surface area (Å²) in [5.41, 5.74) is 6.72. The summed E-state index contributed by atoms with van der Waals surface area (Å²) in [6.07, 6.45) is -2.00. The van der Waals surface area contributed by atoms with Gasteiger partial charge in [-0.1, -0.05) is 6.07 Å². The SMILES string of the molecule is COc1ccc(CNS(=O)(=O)c2cc(N)ccc2-n2cc(NCC(F)(F)F)cn2)c(OC)c1. The highest BCUT2D eigenvalue weighted by Crippen LogP contribution is 2.27. The number of hydrogen-bond acceptors (Lipinski definition) is 7. The Kier molecular flexibility index (Phi) is 7.03. The Balaban J connectivity index is 1.87. The number of alkyl halides is 3.